The van der Waals surface area contributed by atoms with Crippen LogP contribution in [0.2, 0.25) is 0 Å². The molecular formula is C27H36N4O5. The van der Waals surface area contributed by atoms with Crippen molar-refractivity contribution in [3.05, 3.63) is 71.8 Å². The Morgan fingerprint density at radius 3 is 1.69 bits per heavy atom. The minimum Gasteiger partial charge on any atom is -0.480 e. The van der Waals surface area contributed by atoms with Crippen LogP contribution in [0.25, 0.3) is 0 Å². The third-order valence-electron chi connectivity index (χ3n) is 5.62. The van der Waals surface area contributed by atoms with E-state index in [4.69, 9.17) is 10.8 Å². The average Bonchev–Trinajstić information content (AvgIpc) is 2.83. The van der Waals surface area contributed by atoms with Crippen LogP contribution in [-0.4, -0.2) is 53.0 Å². The van der Waals surface area contributed by atoms with Crippen molar-refractivity contribution in [2.45, 2.75) is 64.2 Å². The molecule has 0 aliphatic carbocycles. The number of carboxylic acid groups (broad SMARTS) is 1. The van der Waals surface area contributed by atoms with Gasteiger partial charge in [0.15, 0.2) is 0 Å². The van der Waals surface area contributed by atoms with E-state index in [0.29, 0.717) is 12.8 Å². The van der Waals surface area contributed by atoms with Gasteiger partial charge in [-0.1, -0.05) is 74.5 Å². The number of carbonyl (C=O) groups is 4. The van der Waals surface area contributed by atoms with Crippen molar-refractivity contribution in [3.8, 4) is 0 Å². The van der Waals surface area contributed by atoms with Gasteiger partial charge in [-0.2, -0.15) is 0 Å². The molecule has 0 saturated carbocycles. The zero-order valence-corrected chi connectivity index (χ0v) is 20.9. The van der Waals surface area contributed by atoms with Crippen molar-refractivity contribution in [2.24, 2.45) is 11.7 Å². The highest BCUT2D eigenvalue weighted by Gasteiger charge is 2.30. The van der Waals surface area contributed by atoms with Crippen LogP contribution < -0.4 is 21.7 Å². The van der Waals surface area contributed by atoms with Crippen molar-refractivity contribution in [1.29, 1.82) is 0 Å². The molecule has 0 aliphatic rings. The van der Waals surface area contributed by atoms with Crippen molar-refractivity contribution >= 4 is 23.7 Å². The molecule has 4 atom stereocenters. The average molecular weight is 497 g/mol. The second-order valence-electron chi connectivity index (χ2n) is 9.31. The molecule has 2 aromatic rings. The molecule has 194 valence electrons. The second-order valence-corrected chi connectivity index (χ2v) is 9.31. The van der Waals surface area contributed by atoms with Gasteiger partial charge in [-0.15, -0.1) is 0 Å². The molecule has 36 heavy (non-hydrogen) atoms. The topological polar surface area (TPSA) is 151 Å². The third kappa shape index (κ3) is 9.50. The zero-order chi connectivity index (χ0) is 26.7. The van der Waals surface area contributed by atoms with Crippen molar-refractivity contribution in [2.75, 3.05) is 0 Å². The van der Waals surface area contributed by atoms with E-state index in [2.05, 4.69) is 16.0 Å². The fourth-order valence-electron chi connectivity index (χ4n) is 3.65. The second kappa shape index (κ2) is 14.0. The number of nitrogens with one attached hydrogen (secondary N) is 3. The predicted molar refractivity (Wildman–Crippen MR) is 137 cm³/mol. The molecule has 0 aromatic heterocycles. The van der Waals surface area contributed by atoms with Gasteiger partial charge in [-0.25, -0.2) is 0 Å². The summed E-state index contributed by atoms with van der Waals surface area (Å²) >= 11 is 0. The first kappa shape index (κ1) is 28.5. The van der Waals surface area contributed by atoms with E-state index in [0.717, 1.165) is 11.1 Å². The van der Waals surface area contributed by atoms with E-state index in [1.165, 1.54) is 6.92 Å². The van der Waals surface area contributed by atoms with Gasteiger partial charge < -0.3 is 26.8 Å². The highest BCUT2D eigenvalue weighted by atomic mass is 16.4. The Labute approximate surface area is 211 Å². The first-order valence-electron chi connectivity index (χ1n) is 12.0. The largest absolute Gasteiger partial charge is 0.480 e. The lowest BCUT2D eigenvalue weighted by atomic mass is 10.00. The van der Waals surface area contributed by atoms with Crippen molar-refractivity contribution in [1.82, 2.24) is 16.0 Å². The molecule has 4 unspecified atom stereocenters. The van der Waals surface area contributed by atoms with Crippen molar-refractivity contribution in [3.63, 3.8) is 0 Å². The van der Waals surface area contributed by atoms with Gasteiger partial charge in [0, 0.05) is 6.42 Å². The Morgan fingerprint density at radius 1 is 0.722 bits per heavy atom. The molecule has 0 bridgehead atoms. The maximum Gasteiger partial charge on any atom is 0.325 e. The molecule has 6 N–H and O–H groups in total. The van der Waals surface area contributed by atoms with Crippen LogP contribution in [0.3, 0.4) is 0 Å². The number of carbonyl (C=O) groups excluding carboxylic acids is 3. The summed E-state index contributed by atoms with van der Waals surface area (Å²) in [5, 5.41) is 17.0. The third-order valence-corrected chi connectivity index (χ3v) is 5.62. The van der Waals surface area contributed by atoms with E-state index >= 15 is 0 Å². The predicted octanol–water partition coefficient (Wildman–Crippen LogP) is 1.40. The number of hydrogen-bond acceptors (Lipinski definition) is 5. The number of aliphatic carboxylic acids is 1. The summed E-state index contributed by atoms with van der Waals surface area (Å²) in [6, 6.07) is 14.5. The number of hydrogen-bond donors (Lipinski definition) is 5. The Kier molecular flexibility index (Phi) is 11.1. The molecule has 2 aromatic carbocycles. The Bertz CT molecular complexity index is 1010. The molecule has 0 heterocycles. The molecule has 9 nitrogen and oxygen atoms in total. The molecule has 9 heteroatoms. The Morgan fingerprint density at radius 2 is 1.19 bits per heavy atom. The lowest BCUT2D eigenvalue weighted by Gasteiger charge is -2.26. The van der Waals surface area contributed by atoms with Gasteiger partial charge in [0.2, 0.25) is 17.7 Å². The van der Waals surface area contributed by atoms with Gasteiger partial charge >= 0.3 is 5.97 Å². The van der Waals surface area contributed by atoms with Crippen LogP contribution >= 0.6 is 0 Å². The highest BCUT2D eigenvalue weighted by Crippen LogP contribution is 2.09. The number of rotatable bonds is 13. The quantitative estimate of drug-likeness (QED) is 0.283. The van der Waals surface area contributed by atoms with Crippen LogP contribution in [0.15, 0.2) is 60.7 Å². The number of benzene rings is 2. The monoisotopic (exact) mass is 496 g/mol. The van der Waals surface area contributed by atoms with Crippen LogP contribution in [0.1, 0.15) is 38.3 Å². The highest BCUT2D eigenvalue weighted by molar-refractivity contribution is 5.94. The summed E-state index contributed by atoms with van der Waals surface area (Å²) in [6.45, 7) is 5.18. The normalized spacial score (nSPS) is 14.2. The lowest BCUT2D eigenvalue weighted by Crippen LogP contribution is -2.57. The molecule has 0 fully saturated rings. The van der Waals surface area contributed by atoms with Crippen molar-refractivity contribution < 1.29 is 24.3 Å². The first-order chi connectivity index (χ1) is 17.1. The lowest BCUT2D eigenvalue weighted by molar-refractivity contribution is -0.141. The van der Waals surface area contributed by atoms with Gasteiger partial charge in [-0.3, -0.25) is 19.2 Å². The number of carboxylic acids is 1. The van der Waals surface area contributed by atoms with Crippen LogP contribution in [0.4, 0.5) is 0 Å². The SMILES string of the molecule is CC(C)CC(NC(=O)C(N)Cc1ccccc1)C(=O)NC(Cc1ccccc1)C(=O)NC(C)C(=O)O. The maximum absolute atomic E-state index is 13.3. The van der Waals surface area contributed by atoms with Gasteiger partial charge in [0.1, 0.15) is 18.1 Å². The Hall–Kier alpha value is -3.72. The molecule has 0 spiro atoms. The fourth-order valence-corrected chi connectivity index (χ4v) is 3.65. The summed E-state index contributed by atoms with van der Waals surface area (Å²) in [5.74, 6) is -2.76. The maximum atomic E-state index is 13.3. The summed E-state index contributed by atoms with van der Waals surface area (Å²) in [5.41, 5.74) is 7.79. The summed E-state index contributed by atoms with van der Waals surface area (Å²) in [7, 11) is 0. The number of amides is 3. The molecule has 0 radical (unpaired) electrons. The summed E-state index contributed by atoms with van der Waals surface area (Å²) in [4.78, 5) is 50.2. The van der Waals surface area contributed by atoms with Crippen LogP contribution in [-0.2, 0) is 32.0 Å². The molecular weight excluding hydrogens is 460 g/mol. The standard InChI is InChI=1S/C27H36N4O5/c1-17(2)14-22(30-24(32)21(28)15-19-10-6-4-7-11-19)26(34)31-23(16-20-12-8-5-9-13-20)25(33)29-18(3)27(35)36/h4-13,17-18,21-23H,14-16,28H2,1-3H3,(H,29,33)(H,30,32)(H,31,34)(H,35,36). The smallest absolute Gasteiger partial charge is 0.325 e. The van der Waals surface area contributed by atoms with Gasteiger partial charge in [0.25, 0.3) is 0 Å². The van der Waals surface area contributed by atoms with E-state index in [1.807, 2.05) is 74.5 Å². The minimum atomic E-state index is -1.19. The molecule has 0 saturated heterocycles. The van der Waals surface area contributed by atoms with Crippen LogP contribution in [0.5, 0.6) is 0 Å². The Balaban J connectivity index is 2.15. The molecule has 0 aliphatic heterocycles. The first-order valence-corrected chi connectivity index (χ1v) is 12.0. The minimum absolute atomic E-state index is 0.0693. The molecule has 3 amide bonds. The van der Waals surface area contributed by atoms with E-state index < -0.39 is 47.9 Å². The summed E-state index contributed by atoms with van der Waals surface area (Å²) < 4.78 is 0. The van der Waals surface area contributed by atoms with E-state index in [-0.39, 0.29) is 12.3 Å². The van der Waals surface area contributed by atoms with Gasteiger partial charge in [0.05, 0.1) is 6.04 Å². The zero-order valence-electron chi connectivity index (χ0n) is 20.9. The van der Waals surface area contributed by atoms with Gasteiger partial charge in [-0.05, 0) is 36.8 Å². The van der Waals surface area contributed by atoms with E-state index in [9.17, 15) is 19.2 Å². The fraction of sp³-hybridized carbons (Fsp3) is 0.407. The summed E-state index contributed by atoms with van der Waals surface area (Å²) in [6.07, 6.45) is 0.802. The number of nitrogens with two attached hydrogens (primary N) is 1. The van der Waals surface area contributed by atoms with Crippen LogP contribution in [0, 0.1) is 5.92 Å². The molecule has 2 rings (SSSR count). The van der Waals surface area contributed by atoms with E-state index in [1.54, 1.807) is 0 Å².